The molecule has 1 aromatic carbocycles. The van der Waals surface area contributed by atoms with Crippen LogP contribution in [0.15, 0.2) is 53.1 Å². The topological polar surface area (TPSA) is 111 Å². The van der Waals surface area contributed by atoms with Crippen LogP contribution in [0.2, 0.25) is 0 Å². The second-order valence-corrected chi connectivity index (χ2v) is 7.13. The van der Waals surface area contributed by atoms with Crippen LogP contribution in [-0.2, 0) is 9.53 Å². The molecular formula is C22H21N3O5. The van der Waals surface area contributed by atoms with Gasteiger partial charge < -0.3 is 14.5 Å². The summed E-state index contributed by atoms with van der Waals surface area (Å²) in [6.45, 7) is -0.566. The van der Waals surface area contributed by atoms with Gasteiger partial charge in [-0.2, -0.15) is 0 Å². The third kappa shape index (κ3) is 4.48. The number of nitrogens with zero attached hydrogens (tertiary/aromatic N) is 1. The van der Waals surface area contributed by atoms with E-state index in [0.29, 0.717) is 22.4 Å². The standard InChI is InChI=1S/C22H21N3O5/c26-20(25-22(28)23-14-6-1-2-7-14)13-30-21(27)16-12-18(19-10-5-11-29-19)24-17-9-4-3-8-15(16)17/h3-5,8-12,14H,1-2,6-7,13H2,(H2,23,25,26,28). The molecular weight excluding hydrogens is 386 g/mol. The number of esters is 1. The molecule has 0 radical (unpaired) electrons. The van der Waals surface area contributed by atoms with Crippen molar-refractivity contribution in [3.63, 3.8) is 0 Å². The Morgan fingerprint density at radius 3 is 2.67 bits per heavy atom. The van der Waals surface area contributed by atoms with Crippen molar-refractivity contribution in [2.45, 2.75) is 31.7 Å². The van der Waals surface area contributed by atoms with Gasteiger partial charge in [0.2, 0.25) is 0 Å². The molecule has 0 spiro atoms. The van der Waals surface area contributed by atoms with Crippen LogP contribution in [0.25, 0.3) is 22.4 Å². The number of hydrogen-bond donors (Lipinski definition) is 2. The fourth-order valence-electron chi connectivity index (χ4n) is 3.56. The van der Waals surface area contributed by atoms with E-state index in [4.69, 9.17) is 9.15 Å². The van der Waals surface area contributed by atoms with E-state index in [1.165, 1.54) is 6.26 Å². The van der Waals surface area contributed by atoms with Crippen LogP contribution in [0.3, 0.4) is 0 Å². The van der Waals surface area contributed by atoms with Gasteiger partial charge in [0, 0.05) is 11.4 Å². The Balaban J connectivity index is 1.44. The van der Waals surface area contributed by atoms with Crippen molar-refractivity contribution in [2.75, 3.05) is 6.61 Å². The summed E-state index contributed by atoms with van der Waals surface area (Å²) in [5.41, 5.74) is 1.33. The molecule has 154 valence electrons. The van der Waals surface area contributed by atoms with Gasteiger partial charge in [-0.1, -0.05) is 31.0 Å². The summed E-state index contributed by atoms with van der Waals surface area (Å²) in [5, 5.41) is 5.53. The maximum atomic E-state index is 12.7. The van der Waals surface area contributed by atoms with Crippen LogP contribution < -0.4 is 10.6 Å². The molecule has 0 bridgehead atoms. The van der Waals surface area contributed by atoms with E-state index in [1.807, 2.05) is 6.07 Å². The van der Waals surface area contributed by atoms with Gasteiger partial charge >= 0.3 is 12.0 Å². The predicted molar refractivity (Wildman–Crippen MR) is 109 cm³/mol. The third-order valence-corrected chi connectivity index (χ3v) is 4.99. The molecule has 0 saturated heterocycles. The minimum absolute atomic E-state index is 0.0866. The van der Waals surface area contributed by atoms with Crippen LogP contribution in [0.1, 0.15) is 36.0 Å². The van der Waals surface area contributed by atoms with Crippen LogP contribution in [0.5, 0.6) is 0 Å². The lowest BCUT2D eigenvalue weighted by Crippen LogP contribution is -2.45. The van der Waals surface area contributed by atoms with Crippen molar-refractivity contribution >= 4 is 28.8 Å². The van der Waals surface area contributed by atoms with E-state index >= 15 is 0 Å². The average molecular weight is 407 g/mol. The number of carbonyl (C=O) groups is 3. The molecule has 1 aliphatic carbocycles. The van der Waals surface area contributed by atoms with Crippen LogP contribution >= 0.6 is 0 Å². The number of amides is 3. The quantitative estimate of drug-likeness (QED) is 0.627. The SMILES string of the molecule is O=C(COC(=O)c1cc(-c2ccco2)nc2ccccc12)NC(=O)NC1CCCC1. The Kier molecular flexibility index (Phi) is 5.74. The third-order valence-electron chi connectivity index (χ3n) is 4.99. The zero-order valence-electron chi connectivity index (χ0n) is 16.2. The summed E-state index contributed by atoms with van der Waals surface area (Å²) in [4.78, 5) is 41.1. The summed E-state index contributed by atoms with van der Waals surface area (Å²) >= 11 is 0. The Hall–Kier alpha value is -3.68. The molecule has 2 aromatic heterocycles. The van der Waals surface area contributed by atoms with E-state index in [1.54, 1.807) is 36.4 Å². The highest BCUT2D eigenvalue weighted by Gasteiger charge is 2.20. The van der Waals surface area contributed by atoms with Gasteiger partial charge in [-0.25, -0.2) is 14.6 Å². The van der Waals surface area contributed by atoms with Crippen molar-refractivity contribution in [3.8, 4) is 11.5 Å². The predicted octanol–water partition coefficient (Wildman–Crippen LogP) is 3.42. The maximum absolute atomic E-state index is 12.7. The molecule has 2 N–H and O–H groups in total. The molecule has 0 unspecified atom stereocenters. The molecule has 8 heteroatoms. The molecule has 0 aliphatic heterocycles. The molecule has 0 atom stereocenters. The first-order valence-electron chi connectivity index (χ1n) is 9.81. The summed E-state index contributed by atoms with van der Waals surface area (Å²) in [6.07, 6.45) is 5.46. The fraction of sp³-hybridized carbons (Fsp3) is 0.273. The Labute approximate surface area is 172 Å². The molecule has 3 amide bonds. The number of urea groups is 1. The van der Waals surface area contributed by atoms with E-state index in [9.17, 15) is 14.4 Å². The number of carbonyl (C=O) groups excluding carboxylic acids is 3. The number of nitrogens with one attached hydrogen (secondary N) is 2. The second kappa shape index (κ2) is 8.77. The molecule has 3 aromatic rings. The molecule has 30 heavy (non-hydrogen) atoms. The molecule has 1 saturated carbocycles. The summed E-state index contributed by atoms with van der Waals surface area (Å²) in [6, 6.07) is 11.7. The van der Waals surface area contributed by atoms with Crippen molar-refractivity contribution < 1.29 is 23.5 Å². The van der Waals surface area contributed by atoms with Crippen molar-refractivity contribution in [1.82, 2.24) is 15.6 Å². The van der Waals surface area contributed by atoms with Gasteiger partial charge in [-0.15, -0.1) is 0 Å². The van der Waals surface area contributed by atoms with Gasteiger partial charge in [-0.3, -0.25) is 10.1 Å². The number of para-hydroxylation sites is 1. The number of aromatic nitrogens is 1. The largest absolute Gasteiger partial charge is 0.463 e. The first kappa shape index (κ1) is 19.6. The lowest BCUT2D eigenvalue weighted by atomic mass is 10.1. The highest BCUT2D eigenvalue weighted by atomic mass is 16.5. The normalized spacial score (nSPS) is 13.9. The number of furan rings is 1. The Morgan fingerprint density at radius 2 is 1.90 bits per heavy atom. The Morgan fingerprint density at radius 1 is 1.10 bits per heavy atom. The van der Waals surface area contributed by atoms with Crippen LogP contribution in [-0.4, -0.2) is 35.5 Å². The van der Waals surface area contributed by atoms with Gasteiger partial charge in [0.05, 0.1) is 17.3 Å². The lowest BCUT2D eigenvalue weighted by molar-refractivity contribution is -0.123. The summed E-state index contributed by atoms with van der Waals surface area (Å²) in [5.74, 6) is -0.868. The Bertz CT molecular complexity index is 1070. The van der Waals surface area contributed by atoms with Crippen molar-refractivity contribution in [1.29, 1.82) is 0 Å². The number of ether oxygens (including phenoxy) is 1. The zero-order valence-corrected chi connectivity index (χ0v) is 16.2. The highest BCUT2D eigenvalue weighted by Crippen LogP contribution is 2.25. The van der Waals surface area contributed by atoms with E-state index in [2.05, 4.69) is 15.6 Å². The number of fused-ring (bicyclic) bond motifs is 1. The monoisotopic (exact) mass is 407 g/mol. The first-order chi connectivity index (χ1) is 14.6. The van der Waals surface area contributed by atoms with Gasteiger partial charge in [-0.05, 0) is 37.1 Å². The summed E-state index contributed by atoms with van der Waals surface area (Å²) < 4.78 is 10.5. The smallest absolute Gasteiger partial charge is 0.339 e. The average Bonchev–Trinajstić information content (AvgIpc) is 3.45. The molecule has 8 nitrogen and oxygen atoms in total. The second-order valence-electron chi connectivity index (χ2n) is 7.13. The van der Waals surface area contributed by atoms with Gasteiger partial charge in [0.15, 0.2) is 12.4 Å². The van der Waals surface area contributed by atoms with Crippen LogP contribution in [0.4, 0.5) is 4.79 Å². The fourth-order valence-corrected chi connectivity index (χ4v) is 3.56. The molecule has 1 fully saturated rings. The lowest BCUT2D eigenvalue weighted by Gasteiger charge is -2.12. The maximum Gasteiger partial charge on any atom is 0.339 e. The number of benzene rings is 1. The van der Waals surface area contributed by atoms with E-state index in [-0.39, 0.29) is 11.6 Å². The number of imide groups is 1. The number of hydrogen-bond acceptors (Lipinski definition) is 6. The minimum Gasteiger partial charge on any atom is -0.463 e. The van der Waals surface area contributed by atoms with Crippen LogP contribution in [0, 0.1) is 0 Å². The number of pyridine rings is 1. The van der Waals surface area contributed by atoms with E-state index < -0.39 is 24.5 Å². The van der Waals surface area contributed by atoms with E-state index in [0.717, 1.165) is 25.7 Å². The number of rotatable bonds is 5. The van der Waals surface area contributed by atoms with Gasteiger partial charge in [0.25, 0.3) is 5.91 Å². The molecule has 2 heterocycles. The van der Waals surface area contributed by atoms with Crippen molar-refractivity contribution in [2.24, 2.45) is 0 Å². The highest BCUT2D eigenvalue weighted by molar-refractivity contribution is 6.05. The minimum atomic E-state index is -0.691. The first-order valence-corrected chi connectivity index (χ1v) is 9.81. The molecule has 1 aliphatic rings. The zero-order chi connectivity index (χ0) is 20.9. The van der Waals surface area contributed by atoms with Crippen molar-refractivity contribution in [3.05, 3.63) is 54.3 Å². The van der Waals surface area contributed by atoms with Gasteiger partial charge in [0.1, 0.15) is 5.69 Å². The molecule has 4 rings (SSSR count). The summed E-state index contributed by atoms with van der Waals surface area (Å²) in [7, 11) is 0.